The van der Waals surface area contributed by atoms with Crippen molar-refractivity contribution in [3.63, 3.8) is 0 Å². The second kappa shape index (κ2) is 8.82. The lowest BCUT2D eigenvalue weighted by Crippen LogP contribution is -2.56. The van der Waals surface area contributed by atoms with Crippen LogP contribution in [-0.2, 0) is 22.7 Å². The van der Waals surface area contributed by atoms with Crippen LogP contribution in [0.2, 0.25) is 0 Å². The highest BCUT2D eigenvalue weighted by Crippen LogP contribution is 2.50. The van der Waals surface area contributed by atoms with Crippen LogP contribution in [0.3, 0.4) is 0 Å². The summed E-state index contributed by atoms with van der Waals surface area (Å²) in [4.78, 5) is 14.2. The number of nitrogens with zero attached hydrogens (tertiary/aromatic N) is 1. The summed E-state index contributed by atoms with van der Waals surface area (Å²) in [6, 6.07) is 9.15. The summed E-state index contributed by atoms with van der Waals surface area (Å²) in [7, 11) is 0. The minimum Gasteiger partial charge on any atom is -0.598 e. The van der Waals surface area contributed by atoms with Gasteiger partial charge in [0.05, 0.1) is 6.04 Å². The first kappa shape index (κ1) is 22.4. The molecule has 162 valence electrons. The lowest BCUT2D eigenvalue weighted by Gasteiger charge is -2.43. The molecular formula is C22H33FN2O3S. The average molecular weight is 425 g/mol. The third-order valence-corrected chi connectivity index (χ3v) is 7.84. The summed E-state index contributed by atoms with van der Waals surface area (Å²) in [5, 5.41) is 0. The predicted molar refractivity (Wildman–Crippen MR) is 113 cm³/mol. The van der Waals surface area contributed by atoms with Gasteiger partial charge in [0.15, 0.2) is 0 Å². The minimum absolute atomic E-state index is 0.0824. The van der Waals surface area contributed by atoms with E-state index in [9.17, 15) is 9.35 Å². The molecule has 0 bridgehead atoms. The Morgan fingerprint density at radius 3 is 2.52 bits per heavy atom. The second-order valence-corrected chi connectivity index (χ2v) is 11.5. The fraction of sp³-hybridized carbons (Fsp3) is 0.682. The normalized spacial score (nSPS) is 27.8. The SMILES string of the molecule is C[C@@H]1CC2(CCN(C(=O)OCc3ccccc3)CC2)[C@H](N[S+]([O-])C(C)(C)C)[C@@H]1F. The summed E-state index contributed by atoms with van der Waals surface area (Å²) in [5.74, 6) is -0.0824. The van der Waals surface area contributed by atoms with Crippen LogP contribution in [0.25, 0.3) is 0 Å². The van der Waals surface area contributed by atoms with Crippen molar-refractivity contribution in [3.8, 4) is 0 Å². The Morgan fingerprint density at radius 1 is 1.31 bits per heavy atom. The van der Waals surface area contributed by atoms with E-state index in [-0.39, 0.29) is 24.0 Å². The molecule has 1 spiro atoms. The van der Waals surface area contributed by atoms with Gasteiger partial charge in [-0.2, -0.15) is 0 Å². The predicted octanol–water partition coefficient (Wildman–Crippen LogP) is 4.20. The number of likely N-dealkylation sites (tertiary alicyclic amines) is 1. The van der Waals surface area contributed by atoms with Gasteiger partial charge in [-0.15, -0.1) is 4.72 Å². The summed E-state index contributed by atoms with van der Waals surface area (Å²) in [6.07, 6.45) is 0.779. The summed E-state index contributed by atoms with van der Waals surface area (Å²) < 4.78 is 35.8. The van der Waals surface area contributed by atoms with E-state index in [0.29, 0.717) is 25.9 Å². The standard InChI is InChI=1S/C22H33FN2O3S/c1-16-14-22(19(18(16)23)24-29(27)21(2,3)4)10-12-25(13-11-22)20(26)28-15-17-8-6-5-7-9-17/h5-9,16,18-19,24H,10-15H2,1-4H3/t16-,18-,19-,29?/m1/s1. The van der Waals surface area contributed by atoms with Crippen LogP contribution >= 0.6 is 0 Å². The van der Waals surface area contributed by atoms with Crippen molar-refractivity contribution >= 4 is 17.5 Å². The summed E-state index contributed by atoms with van der Waals surface area (Å²) in [6.45, 7) is 8.91. The Bertz CT molecular complexity index is 689. The number of rotatable bonds is 4. The van der Waals surface area contributed by atoms with Crippen LogP contribution in [0.1, 0.15) is 52.5 Å². The van der Waals surface area contributed by atoms with Gasteiger partial charge >= 0.3 is 6.09 Å². The quantitative estimate of drug-likeness (QED) is 0.736. The van der Waals surface area contributed by atoms with E-state index in [1.807, 2.05) is 58.0 Å². The molecule has 29 heavy (non-hydrogen) atoms. The van der Waals surface area contributed by atoms with E-state index in [1.165, 1.54) is 0 Å². The summed E-state index contributed by atoms with van der Waals surface area (Å²) in [5.41, 5.74) is 0.684. The Labute approximate surface area is 176 Å². The average Bonchev–Trinajstić information content (AvgIpc) is 2.91. The van der Waals surface area contributed by atoms with E-state index in [1.54, 1.807) is 4.90 Å². The smallest absolute Gasteiger partial charge is 0.410 e. The van der Waals surface area contributed by atoms with E-state index in [2.05, 4.69) is 4.72 Å². The van der Waals surface area contributed by atoms with Crippen molar-refractivity contribution in [1.29, 1.82) is 0 Å². The van der Waals surface area contributed by atoms with E-state index in [4.69, 9.17) is 4.74 Å². The number of carbonyl (C=O) groups excluding carboxylic acids is 1. The molecule has 4 atom stereocenters. The first-order chi connectivity index (χ1) is 13.6. The molecule has 3 rings (SSSR count). The van der Waals surface area contributed by atoms with Gasteiger partial charge in [0.25, 0.3) is 0 Å². The highest BCUT2D eigenvalue weighted by molar-refractivity contribution is 7.90. The van der Waals surface area contributed by atoms with Crippen molar-refractivity contribution in [2.45, 2.75) is 70.5 Å². The number of piperidine rings is 1. The third-order valence-electron chi connectivity index (χ3n) is 6.26. The van der Waals surface area contributed by atoms with E-state index in [0.717, 1.165) is 12.0 Å². The van der Waals surface area contributed by atoms with Crippen molar-refractivity contribution in [1.82, 2.24) is 9.62 Å². The fourth-order valence-corrected chi connectivity index (χ4v) is 5.45. The monoisotopic (exact) mass is 424 g/mol. The molecule has 1 aromatic rings. The van der Waals surface area contributed by atoms with Gasteiger partial charge in [-0.25, -0.2) is 9.18 Å². The van der Waals surface area contributed by atoms with Crippen molar-refractivity contribution in [2.24, 2.45) is 11.3 Å². The molecule has 5 nitrogen and oxygen atoms in total. The zero-order valence-electron chi connectivity index (χ0n) is 17.8. The third kappa shape index (κ3) is 5.06. The van der Waals surface area contributed by atoms with Crippen LogP contribution in [-0.4, -0.2) is 45.6 Å². The number of carbonyl (C=O) groups is 1. The molecule has 1 N–H and O–H groups in total. The molecule has 1 heterocycles. The van der Waals surface area contributed by atoms with Crippen LogP contribution in [0.4, 0.5) is 9.18 Å². The van der Waals surface area contributed by atoms with Gasteiger partial charge < -0.3 is 14.2 Å². The van der Waals surface area contributed by atoms with Crippen molar-refractivity contribution in [3.05, 3.63) is 35.9 Å². The van der Waals surface area contributed by atoms with Gasteiger partial charge in [-0.3, -0.25) is 0 Å². The Hall–Kier alpha value is -1.31. The molecule has 1 saturated carbocycles. The number of benzene rings is 1. The number of amides is 1. The molecule has 0 radical (unpaired) electrons. The molecule has 0 aromatic heterocycles. The van der Waals surface area contributed by atoms with Crippen LogP contribution < -0.4 is 4.72 Å². The molecule has 1 unspecified atom stereocenters. The second-order valence-electron chi connectivity index (χ2n) is 9.49. The summed E-state index contributed by atoms with van der Waals surface area (Å²) >= 11 is -1.33. The number of hydrogen-bond acceptors (Lipinski definition) is 4. The molecule has 1 amide bonds. The minimum atomic E-state index is -1.33. The van der Waals surface area contributed by atoms with Crippen LogP contribution in [0.5, 0.6) is 0 Å². The Morgan fingerprint density at radius 2 is 1.93 bits per heavy atom. The number of ether oxygens (including phenoxy) is 1. The number of alkyl halides is 1. The molecule has 1 saturated heterocycles. The van der Waals surface area contributed by atoms with Gasteiger partial charge in [0, 0.05) is 24.5 Å². The molecule has 1 aromatic carbocycles. The Balaban J connectivity index is 1.60. The van der Waals surface area contributed by atoms with Crippen molar-refractivity contribution in [2.75, 3.05) is 13.1 Å². The molecule has 2 aliphatic rings. The molecular weight excluding hydrogens is 391 g/mol. The van der Waals surface area contributed by atoms with E-state index < -0.39 is 28.3 Å². The maximum atomic E-state index is 15.0. The van der Waals surface area contributed by atoms with E-state index >= 15 is 4.39 Å². The lowest BCUT2D eigenvalue weighted by atomic mass is 9.74. The largest absolute Gasteiger partial charge is 0.598 e. The first-order valence-corrected chi connectivity index (χ1v) is 11.6. The molecule has 1 aliphatic heterocycles. The first-order valence-electron chi connectivity index (χ1n) is 10.4. The number of halogens is 1. The van der Waals surface area contributed by atoms with Gasteiger partial charge in [0.2, 0.25) is 0 Å². The Kier molecular flexibility index (Phi) is 6.81. The molecule has 1 aliphatic carbocycles. The maximum absolute atomic E-state index is 15.0. The highest BCUT2D eigenvalue weighted by Gasteiger charge is 2.56. The van der Waals surface area contributed by atoms with Gasteiger partial charge in [0.1, 0.15) is 17.5 Å². The van der Waals surface area contributed by atoms with Gasteiger partial charge in [-0.1, -0.05) is 37.3 Å². The van der Waals surface area contributed by atoms with Crippen molar-refractivity contribution < 1.29 is 18.5 Å². The number of hydrogen-bond donors (Lipinski definition) is 1. The zero-order chi connectivity index (χ0) is 21.2. The number of nitrogens with one attached hydrogen (secondary N) is 1. The maximum Gasteiger partial charge on any atom is 0.410 e. The van der Waals surface area contributed by atoms with Crippen LogP contribution in [0, 0.1) is 11.3 Å². The zero-order valence-corrected chi connectivity index (χ0v) is 18.6. The highest BCUT2D eigenvalue weighted by atomic mass is 32.2. The van der Waals surface area contributed by atoms with Gasteiger partial charge in [-0.05, 0) is 56.9 Å². The molecule has 7 heteroatoms. The molecule has 2 fully saturated rings. The fourth-order valence-electron chi connectivity index (χ4n) is 4.49. The van der Waals surface area contributed by atoms with Crippen LogP contribution in [0.15, 0.2) is 30.3 Å². The lowest BCUT2D eigenvalue weighted by molar-refractivity contribution is 0.0513. The topological polar surface area (TPSA) is 64.6 Å².